The van der Waals surface area contributed by atoms with E-state index in [0.717, 1.165) is 22.4 Å². The van der Waals surface area contributed by atoms with E-state index in [0.29, 0.717) is 28.7 Å². The van der Waals surface area contributed by atoms with E-state index in [1.165, 1.54) is 7.11 Å². The van der Waals surface area contributed by atoms with Gasteiger partial charge >= 0.3 is 0 Å². The van der Waals surface area contributed by atoms with Crippen molar-refractivity contribution >= 4 is 23.2 Å². The Hall–Kier alpha value is -2.20. The van der Waals surface area contributed by atoms with Crippen LogP contribution in [0.5, 0.6) is 11.5 Å². The van der Waals surface area contributed by atoms with Crippen molar-refractivity contribution in [3.63, 3.8) is 0 Å². The van der Waals surface area contributed by atoms with Gasteiger partial charge in [0.15, 0.2) is 11.5 Å². The van der Waals surface area contributed by atoms with Crippen molar-refractivity contribution in [2.75, 3.05) is 19.0 Å². The predicted molar refractivity (Wildman–Crippen MR) is 97.8 cm³/mol. The predicted octanol–water partition coefficient (Wildman–Crippen LogP) is 4.92. The summed E-state index contributed by atoms with van der Waals surface area (Å²) in [4.78, 5) is 12.6. The zero-order chi connectivity index (χ0) is 17.9. The van der Waals surface area contributed by atoms with E-state index in [-0.39, 0.29) is 5.91 Å². The molecular weight excluding hydrogens is 326 g/mol. The second-order valence-electron chi connectivity index (χ2n) is 5.65. The van der Waals surface area contributed by atoms with Gasteiger partial charge in [0.05, 0.1) is 18.7 Å². The number of amides is 1. The molecule has 0 saturated carbocycles. The van der Waals surface area contributed by atoms with Crippen LogP contribution in [0.2, 0.25) is 5.02 Å². The monoisotopic (exact) mass is 347 g/mol. The lowest BCUT2D eigenvalue weighted by molar-refractivity contribution is 0.102. The molecule has 0 unspecified atom stereocenters. The Morgan fingerprint density at radius 2 is 1.75 bits per heavy atom. The highest BCUT2D eigenvalue weighted by Gasteiger charge is 2.17. The molecule has 1 N–H and O–H groups in total. The fraction of sp³-hybridized carbons (Fsp3) is 0.316. The zero-order valence-electron chi connectivity index (χ0n) is 14.6. The number of nitrogens with one attached hydrogen (secondary N) is 1. The molecule has 24 heavy (non-hydrogen) atoms. The third kappa shape index (κ3) is 3.82. The van der Waals surface area contributed by atoms with Gasteiger partial charge in [0.2, 0.25) is 0 Å². The first-order valence-electron chi connectivity index (χ1n) is 7.76. The molecule has 2 rings (SSSR count). The highest BCUT2D eigenvalue weighted by atomic mass is 35.5. The summed E-state index contributed by atoms with van der Waals surface area (Å²) in [6, 6.07) is 7.29. The molecule has 0 heterocycles. The maximum Gasteiger partial charge on any atom is 0.255 e. The minimum absolute atomic E-state index is 0.242. The van der Waals surface area contributed by atoms with E-state index in [4.69, 9.17) is 21.1 Å². The van der Waals surface area contributed by atoms with Gasteiger partial charge in [-0.2, -0.15) is 0 Å². The maximum atomic E-state index is 12.6. The van der Waals surface area contributed by atoms with Gasteiger partial charge in [0.25, 0.3) is 5.91 Å². The van der Waals surface area contributed by atoms with Gasteiger partial charge in [-0.05, 0) is 51.0 Å². The first-order chi connectivity index (χ1) is 11.4. The van der Waals surface area contributed by atoms with Gasteiger partial charge in [-0.3, -0.25) is 4.79 Å². The molecule has 128 valence electrons. The third-order valence-electron chi connectivity index (χ3n) is 3.70. The normalized spacial score (nSPS) is 10.4. The lowest BCUT2D eigenvalue weighted by Gasteiger charge is -2.15. The van der Waals surface area contributed by atoms with Crippen molar-refractivity contribution in [2.24, 2.45) is 0 Å². The van der Waals surface area contributed by atoms with Crippen LogP contribution >= 0.6 is 11.6 Å². The van der Waals surface area contributed by atoms with Crippen molar-refractivity contribution in [2.45, 2.75) is 27.7 Å². The van der Waals surface area contributed by atoms with Crippen LogP contribution in [-0.4, -0.2) is 19.6 Å². The topological polar surface area (TPSA) is 47.6 Å². The van der Waals surface area contributed by atoms with Crippen LogP contribution in [0, 0.1) is 20.8 Å². The van der Waals surface area contributed by atoms with Crippen LogP contribution in [0.1, 0.15) is 34.0 Å². The first kappa shape index (κ1) is 18.1. The molecular formula is C19H22ClNO3. The third-order valence-corrected chi connectivity index (χ3v) is 3.98. The second-order valence-corrected chi connectivity index (χ2v) is 6.06. The van der Waals surface area contributed by atoms with E-state index >= 15 is 0 Å². The minimum Gasteiger partial charge on any atom is -0.493 e. The van der Waals surface area contributed by atoms with E-state index in [1.54, 1.807) is 12.1 Å². The average Bonchev–Trinajstić information content (AvgIpc) is 2.52. The number of carbonyl (C=O) groups excluding carboxylic acids is 1. The molecule has 2 aromatic rings. The number of carbonyl (C=O) groups is 1. The Labute approximate surface area is 147 Å². The Morgan fingerprint density at radius 3 is 2.29 bits per heavy atom. The molecule has 0 saturated heterocycles. The van der Waals surface area contributed by atoms with Crippen LogP contribution in [0.25, 0.3) is 0 Å². The van der Waals surface area contributed by atoms with Crippen LogP contribution in [0.15, 0.2) is 24.3 Å². The van der Waals surface area contributed by atoms with Gasteiger partial charge < -0.3 is 14.8 Å². The molecule has 1 amide bonds. The van der Waals surface area contributed by atoms with Crippen molar-refractivity contribution in [3.05, 3.63) is 51.5 Å². The lowest BCUT2D eigenvalue weighted by Crippen LogP contribution is -2.14. The molecule has 0 bridgehead atoms. The number of benzene rings is 2. The molecule has 0 aliphatic heterocycles. The highest BCUT2D eigenvalue weighted by molar-refractivity contribution is 6.32. The largest absolute Gasteiger partial charge is 0.493 e. The molecule has 0 aliphatic carbocycles. The number of rotatable bonds is 5. The summed E-state index contributed by atoms with van der Waals surface area (Å²) in [5.74, 6) is 0.640. The summed E-state index contributed by atoms with van der Waals surface area (Å²) in [6.07, 6.45) is 0. The van der Waals surface area contributed by atoms with Gasteiger partial charge in [0, 0.05) is 11.3 Å². The fourth-order valence-electron chi connectivity index (χ4n) is 2.70. The summed E-state index contributed by atoms with van der Waals surface area (Å²) in [7, 11) is 1.52. The quantitative estimate of drug-likeness (QED) is 0.834. The van der Waals surface area contributed by atoms with Crippen LogP contribution in [0.3, 0.4) is 0 Å². The Morgan fingerprint density at radius 1 is 1.12 bits per heavy atom. The molecule has 0 aromatic heterocycles. The number of hydrogen-bond acceptors (Lipinski definition) is 3. The van der Waals surface area contributed by atoms with Crippen LogP contribution in [0.4, 0.5) is 5.69 Å². The molecule has 0 atom stereocenters. The standard InChI is InChI=1S/C19H22ClNO3/c1-6-24-18-15(20)9-14(10-16(18)23-5)19(22)21-17-12(3)7-11(2)8-13(17)4/h7-10H,6H2,1-5H3,(H,21,22). The number of halogens is 1. The lowest BCUT2D eigenvalue weighted by atomic mass is 10.0. The minimum atomic E-state index is -0.242. The average molecular weight is 348 g/mol. The molecule has 0 aliphatic rings. The molecule has 2 aromatic carbocycles. The molecule has 0 fully saturated rings. The zero-order valence-corrected chi connectivity index (χ0v) is 15.4. The van der Waals surface area contributed by atoms with E-state index in [9.17, 15) is 4.79 Å². The fourth-order valence-corrected chi connectivity index (χ4v) is 2.96. The summed E-state index contributed by atoms with van der Waals surface area (Å²) in [6.45, 7) is 8.30. The SMILES string of the molecule is CCOc1c(Cl)cc(C(=O)Nc2c(C)cc(C)cc2C)cc1OC. The van der Waals surface area contributed by atoms with Crippen molar-refractivity contribution in [3.8, 4) is 11.5 Å². The van der Waals surface area contributed by atoms with Crippen molar-refractivity contribution < 1.29 is 14.3 Å². The van der Waals surface area contributed by atoms with Crippen molar-refractivity contribution in [1.29, 1.82) is 0 Å². The number of methoxy groups -OCH3 is 1. The molecule has 0 radical (unpaired) electrons. The van der Waals surface area contributed by atoms with Crippen LogP contribution < -0.4 is 14.8 Å². The Kier molecular flexibility index (Phi) is 5.73. The van der Waals surface area contributed by atoms with Crippen LogP contribution in [-0.2, 0) is 0 Å². The van der Waals surface area contributed by atoms with Gasteiger partial charge in [-0.25, -0.2) is 0 Å². The van der Waals surface area contributed by atoms with Gasteiger partial charge in [-0.15, -0.1) is 0 Å². The van der Waals surface area contributed by atoms with E-state index in [1.807, 2.05) is 39.8 Å². The number of hydrogen-bond donors (Lipinski definition) is 1. The van der Waals surface area contributed by atoms with E-state index < -0.39 is 0 Å². The highest BCUT2D eigenvalue weighted by Crippen LogP contribution is 2.36. The number of aryl methyl sites for hydroxylation is 3. The first-order valence-corrected chi connectivity index (χ1v) is 8.14. The molecule has 5 heteroatoms. The number of anilines is 1. The summed E-state index contributed by atoms with van der Waals surface area (Å²) in [5, 5.41) is 3.30. The summed E-state index contributed by atoms with van der Waals surface area (Å²) < 4.78 is 10.8. The Bertz CT molecular complexity index is 748. The second kappa shape index (κ2) is 7.58. The van der Waals surface area contributed by atoms with Crippen molar-refractivity contribution in [1.82, 2.24) is 0 Å². The molecule has 4 nitrogen and oxygen atoms in total. The summed E-state index contributed by atoms with van der Waals surface area (Å²) >= 11 is 6.24. The van der Waals surface area contributed by atoms with Gasteiger partial charge in [-0.1, -0.05) is 29.3 Å². The van der Waals surface area contributed by atoms with E-state index in [2.05, 4.69) is 5.32 Å². The number of ether oxygens (including phenoxy) is 2. The molecule has 0 spiro atoms. The maximum absolute atomic E-state index is 12.6. The smallest absolute Gasteiger partial charge is 0.255 e. The Balaban J connectivity index is 2.36. The summed E-state index contributed by atoms with van der Waals surface area (Å²) in [5.41, 5.74) is 4.43. The van der Waals surface area contributed by atoms with Gasteiger partial charge in [0.1, 0.15) is 0 Å².